The molecule has 0 bridgehead atoms. The molecule has 94 valence electrons. The molecule has 1 rings (SSSR count). The van der Waals surface area contributed by atoms with Crippen LogP contribution in [0.1, 0.15) is 13.8 Å². The zero-order valence-corrected chi connectivity index (χ0v) is 10.5. The molecule has 0 aliphatic carbocycles. The Hall–Kier alpha value is -0.650. The summed E-state index contributed by atoms with van der Waals surface area (Å²) >= 11 is 0. The number of carbonyl (C=O) groups excluding carboxylic acids is 1. The molecule has 0 spiro atoms. The van der Waals surface area contributed by atoms with Crippen LogP contribution in [-0.4, -0.2) is 67.7 Å². The Morgan fingerprint density at radius 2 is 1.88 bits per heavy atom. The van der Waals surface area contributed by atoms with Crippen molar-refractivity contribution in [3.05, 3.63) is 0 Å². The van der Waals surface area contributed by atoms with Crippen molar-refractivity contribution in [2.75, 3.05) is 46.4 Å². The molecule has 2 N–H and O–H groups in total. The molecule has 0 atom stereocenters. The minimum absolute atomic E-state index is 0.0406. The van der Waals surface area contributed by atoms with Crippen LogP contribution in [0.25, 0.3) is 0 Å². The Balaban J connectivity index is 2.34. The minimum Gasteiger partial charge on any atom is -0.383 e. The van der Waals surface area contributed by atoms with Gasteiger partial charge in [-0.15, -0.1) is 0 Å². The van der Waals surface area contributed by atoms with E-state index < -0.39 is 5.54 Å². The number of piperazine rings is 1. The molecule has 0 aromatic carbocycles. The SMILES string of the molecule is COCCN1CCN(C(=O)C(C)(C)N)CC1. The molecule has 1 heterocycles. The van der Waals surface area contributed by atoms with Crippen molar-refractivity contribution >= 4 is 5.91 Å². The molecular formula is C11H23N3O2. The number of amides is 1. The largest absolute Gasteiger partial charge is 0.383 e. The van der Waals surface area contributed by atoms with Gasteiger partial charge in [0.1, 0.15) is 0 Å². The molecule has 0 unspecified atom stereocenters. The summed E-state index contributed by atoms with van der Waals surface area (Å²) in [5, 5.41) is 0. The smallest absolute Gasteiger partial charge is 0.242 e. The normalized spacial score (nSPS) is 18.9. The van der Waals surface area contributed by atoms with E-state index in [1.807, 2.05) is 4.90 Å². The fourth-order valence-electron chi connectivity index (χ4n) is 1.80. The summed E-state index contributed by atoms with van der Waals surface area (Å²) in [6.45, 7) is 8.54. The Morgan fingerprint density at radius 1 is 1.31 bits per heavy atom. The molecule has 1 amide bonds. The second-order valence-corrected chi connectivity index (χ2v) is 4.85. The first kappa shape index (κ1) is 13.4. The number of methoxy groups -OCH3 is 1. The van der Waals surface area contributed by atoms with Crippen molar-refractivity contribution in [3.63, 3.8) is 0 Å². The third kappa shape index (κ3) is 3.73. The summed E-state index contributed by atoms with van der Waals surface area (Å²) in [6.07, 6.45) is 0. The Morgan fingerprint density at radius 3 is 2.31 bits per heavy atom. The van der Waals surface area contributed by atoms with Gasteiger partial charge in [0.15, 0.2) is 0 Å². The first-order chi connectivity index (χ1) is 7.45. The average molecular weight is 229 g/mol. The van der Waals surface area contributed by atoms with Crippen molar-refractivity contribution in [2.24, 2.45) is 5.73 Å². The number of rotatable bonds is 4. The lowest BCUT2D eigenvalue weighted by Crippen LogP contribution is -2.57. The third-order valence-electron chi connectivity index (χ3n) is 2.82. The van der Waals surface area contributed by atoms with Gasteiger partial charge < -0.3 is 15.4 Å². The molecule has 0 radical (unpaired) electrons. The number of hydrogen-bond donors (Lipinski definition) is 1. The fourth-order valence-corrected chi connectivity index (χ4v) is 1.80. The highest BCUT2D eigenvalue weighted by Gasteiger charge is 2.29. The summed E-state index contributed by atoms with van der Waals surface area (Å²) in [5.74, 6) is 0.0406. The molecule has 1 aliphatic heterocycles. The lowest BCUT2D eigenvalue weighted by Gasteiger charge is -2.37. The zero-order chi connectivity index (χ0) is 12.2. The number of nitrogens with two attached hydrogens (primary N) is 1. The number of ether oxygens (including phenoxy) is 1. The van der Waals surface area contributed by atoms with E-state index in [9.17, 15) is 4.79 Å². The van der Waals surface area contributed by atoms with Crippen molar-refractivity contribution in [1.29, 1.82) is 0 Å². The van der Waals surface area contributed by atoms with Gasteiger partial charge in [0, 0.05) is 39.8 Å². The van der Waals surface area contributed by atoms with Gasteiger partial charge in [0.05, 0.1) is 12.1 Å². The van der Waals surface area contributed by atoms with Gasteiger partial charge in [0.25, 0.3) is 0 Å². The van der Waals surface area contributed by atoms with Gasteiger partial charge in [-0.05, 0) is 13.8 Å². The molecule has 1 saturated heterocycles. The first-order valence-corrected chi connectivity index (χ1v) is 5.74. The van der Waals surface area contributed by atoms with Gasteiger partial charge in [-0.2, -0.15) is 0 Å². The van der Waals surface area contributed by atoms with Crippen LogP contribution in [0.4, 0.5) is 0 Å². The van der Waals surface area contributed by atoms with Crippen molar-refractivity contribution in [2.45, 2.75) is 19.4 Å². The van der Waals surface area contributed by atoms with Crippen molar-refractivity contribution in [3.8, 4) is 0 Å². The van der Waals surface area contributed by atoms with Gasteiger partial charge in [-0.1, -0.05) is 0 Å². The van der Waals surface area contributed by atoms with E-state index in [-0.39, 0.29) is 5.91 Å². The standard InChI is InChI=1S/C11H23N3O2/c1-11(2,12)10(15)14-6-4-13(5-7-14)8-9-16-3/h4-9,12H2,1-3H3. The molecule has 5 heteroatoms. The summed E-state index contributed by atoms with van der Waals surface area (Å²) < 4.78 is 5.03. The quantitative estimate of drug-likeness (QED) is 0.707. The Bertz CT molecular complexity index is 230. The molecule has 5 nitrogen and oxygen atoms in total. The average Bonchev–Trinajstić information content (AvgIpc) is 2.25. The van der Waals surface area contributed by atoms with E-state index in [1.165, 1.54) is 0 Å². The van der Waals surface area contributed by atoms with Crippen LogP contribution in [-0.2, 0) is 9.53 Å². The molecule has 0 aromatic heterocycles. The van der Waals surface area contributed by atoms with Crippen LogP contribution in [0.2, 0.25) is 0 Å². The third-order valence-corrected chi connectivity index (χ3v) is 2.82. The van der Waals surface area contributed by atoms with E-state index in [1.54, 1.807) is 21.0 Å². The van der Waals surface area contributed by atoms with E-state index in [4.69, 9.17) is 10.5 Å². The maximum absolute atomic E-state index is 11.9. The van der Waals surface area contributed by atoms with Gasteiger partial charge in [-0.3, -0.25) is 9.69 Å². The van der Waals surface area contributed by atoms with Crippen LogP contribution in [0.3, 0.4) is 0 Å². The van der Waals surface area contributed by atoms with Crippen LogP contribution < -0.4 is 5.73 Å². The number of hydrogen-bond acceptors (Lipinski definition) is 4. The van der Waals surface area contributed by atoms with E-state index in [2.05, 4.69) is 4.90 Å². The predicted molar refractivity (Wildman–Crippen MR) is 63.2 cm³/mol. The highest BCUT2D eigenvalue weighted by atomic mass is 16.5. The Kier molecular flexibility index (Phi) is 4.70. The summed E-state index contributed by atoms with van der Waals surface area (Å²) in [5.41, 5.74) is 5.04. The van der Waals surface area contributed by atoms with E-state index in [0.29, 0.717) is 0 Å². The van der Waals surface area contributed by atoms with Gasteiger partial charge >= 0.3 is 0 Å². The van der Waals surface area contributed by atoms with E-state index >= 15 is 0 Å². The van der Waals surface area contributed by atoms with E-state index in [0.717, 1.165) is 39.3 Å². The lowest BCUT2D eigenvalue weighted by atomic mass is 10.0. The topological polar surface area (TPSA) is 58.8 Å². The molecule has 1 fully saturated rings. The highest BCUT2D eigenvalue weighted by Crippen LogP contribution is 2.08. The zero-order valence-electron chi connectivity index (χ0n) is 10.5. The molecule has 16 heavy (non-hydrogen) atoms. The predicted octanol–water partition coefficient (Wildman–Crippen LogP) is -0.486. The molecular weight excluding hydrogens is 206 g/mol. The van der Waals surface area contributed by atoms with Gasteiger partial charge in [0.2, 0.25) is 5.91 Å². The maximum Gasteiger partial charge on any atom is 0.242 e. The van der Waals surface area contributed by atoms with Crippen LogP contribution in [0.5, 0.6) is 0 Å². The second-order valence-electron chi connectivity index (χ2n) is 4.85. The number of nitrogens with zero attached hydrogens (tertiary/aromatic N) is 2. The molecule has 0 saturated carbocycles. The lowest BCUT2D eigenvalue weighted by molar-refractivity contribution is -0.137. The molecule has 1 aliphatic rings. The van der Waals surface area contributed by atoms with Crippen LogP contribution in [0, 0.1) is 0 Å². The van der Waals surface area contributed by atoms with Crippen LogP contribution in [0.15, 0.2) is 0 Å². The highest BCUT2D eigenvalue weighted by molar-refractivity contribution is 5.85. The van der Waals surface area contributed by atoms with Crippen LogP contribution >= 0.6 is 0 Å². The van der Waals surface area contributed by atoms with Gasteiger partial charge in [-0.25, -0.2) is 0 Å². The summed E-state index contributed by atoms with van der Waals surface area (Å²) in [6, 6.07) is 0. The summed E-state index contributed by atoms with van der Waals surface area (Å²) in [7, 11) is 1.71. The fraction of sp³-hybridized carbons (Fsp3) is 0.909. The number of carbonyl (C=O) groups is 1. The molecule has 0 aromatic rings. The second kappa shape index (κ2) is 5.61. The monoisotopic (exact) mass is 229 g/mol. The Labute approximate surface area is 97.5 Å². The first-order valence-electron chi connectivity index (χ1n) is 5.74. The van der Waals surface area contributed by atoms with Crippen molar-refractivity contribution in [1.82, 2.24) is 9.80 Å². The summed E-state index contributed by atoms with van der Waals surface area (Å²) in [4.78, 5) is 16.1. The minimum atomic E-state index is -0.755. The van der Waals surface area contributed by atoms with Crippen molar-refractivity contribution < 1.29 is 9.53 Å². The maximum atomic E-state index is 11.9.